The molecular formula is C18H22N2. The summed E-state index contributed by atoms with van der Waals surface area (Å²) < 4.78 is 0. The molecule has 1 saturated heterocycles. The first-order valence-corrected chi connectivity index (χ1v) is 7.39. The second-order valence-corrected chi connectivity index (χ2v) is 5.79. The van der Waals surface area contributed by atoms with E-state index in [2.05, 4.69) is 54.3 Å². The third-order valence-corrected chi connectivity index (χ3v) is 4.20. The normalized spacial score (nSPS) is 19.1. The zero-order valence-corrected chi connectivity index (χ0v) is 12.0. The Morgan fingerprint density at radius 3 is 2.65 bits per heavy atom. The molecule has 0 saturated carbocycles. The highest BCUT2D eigenvalue weighted by atomic mass is 15.1. The van der Waals surface area contributed by atoms with Gasteiger partial charge >= 0.3 is 0 Å². The summed E-state index contributed by atoms with van der Waals surface area (Å²) in [6.45, 7) is 4.38. The van der Waals surface area contributed by atoms with Crippen molar-refractivity contribution in [2.45, 2.75) is 25.7 Å². The number of anilines is 2. The van der Waals surface area contributed by atoms with E-state index in [-0.39, 0.29) is 0 Å². The molecule has 2 aromatic rings. The van der Waals surface area contributed by atoms with Crippen LogP contribution in [0.2, 0.25) is 0 Å². The van der Waals surface area contributed by atoms with E-state index in [9.17, 15) is 0 Å². The van der Waals surface area contributed by atoms with Crippen LogP contribution in [0.3, 0.4) is 0 Å². The van der Waals surface area contributed by atoms with Crippen molar-refractivity contribution < 1.29 is 0 Å². The number of nitrogens with two attached hydrogens (primary N) is 1. The van der Waals surface area contributed by atoms with Crippen LogP contribution in [-0.2, 0) is 0 Å². The Kier molecular flexibility index (Phi) is 3.64. The predicted octanol–water partition coefficient (Wildman–Crippen LogP) is 3.96. The highest BCUT2D eigenvalue weighted by Gasteiger charge is 2.21. The summed E-state index contributed by atoms with van der Waals surface area (Å²) in [5, 5.41) is 0. The fraction of sp³-hybridized carbons (Fsp3) is 0.333. The van der Waals surface area contributed by atoms with Crippen LogP contribution in [0, 0.1) is 6.92 Å². The van der Waals surface area contributed by atoms with Gasteiger partial charge < -0.3 is 10.6 Å². The van der Waals surface area contributed by atoms with Crippen molar-refractivity contribution in [1.29, 1.82) is 0 Å². The average Bonchev–Trinajstić information content (AvgIpc) is 2.48. The second kappa shape index (κ2) is 5.58. The van der Waals surface area contributed by atoms with Gasteiger partial charge in [0.15, 0.2) is 0 Å². The second-order valence-electron chi connectivity index (χ2n) is 5.79. The van der Waals surface area contributed by atoms with Crippen LogP contribution < -0.4 is 10.6 Å². The Balaban J connectivity index is 1.78. The smallest absolute Gasteiger partial charge is 0.0366 e. The van der Waals surface area contributed by atoms with Gasteiger partial charge in [0.25, 0.3) is 0 Å². The zero-order valence-electron chi connectivity index (χ0n) is 12.0. The predicted molar refractivity (Wildman–Crippen MR) is 86.2 cm³/mol. The molecule has 0 radical (unpaired) electrons. The minimum absolute atomic E-state index is 0.591. The quantitative estimate of drug-likeness (QED) is 0.834. The van der Waals surface area contributed by atoms with E-state index < -0.39 is 0 Å². The molecule has 0 bridgehead atoms. The molecule has 1 unspecified atom stereocenters. The molecule has 1 atom stereocenters. The molecule has 0 aliphatic carbocycles. The van der Waals surface area contributed by atoms with Crippen molar-refractivity contribution in [2.75, 3.05) is 23.7 Å². The lowest BCUT2D eigenvalue weighted by molar-refractivity contribution is 0.510. The van der Waals surface area contributed by atoms with Gasteiger partial charge in [-0.15, -0.1) is 0 Å². The Morgan fingerprint density at radius 1 is 1.10 bits per heavy atom. The Labute approximate surface area is 121 Å². The van der Waals surface area contributed by atoms with Crippen molar-refractivity contribution in [1.82, 2.24) is 0 Å². The largest absolute Gasteiger partial charge is 0.399 e. The number of benzene rings is 2. The number of hydrogen-bond donors (Lipinski definition) is 1. The van der Waals surface area contributed by atoms with Crippen molar-refractivity contribution in [2.24, 2.45) is 0 Å². The lowest BCUT2D eigenvalue weighted by Gasteiger charge is -2.35. The molecule has 1 aliphatic rings. The lowest BCUT2D eigenvalue weighted by Crippen LogP contribution is -2.34. The van der Waals surface area contributed by atoms with E-state index in [1.165, 1.54) is 29.7 Å². The van der Waals surface area contributed by atoms with E-state index in [0.717, 1.165) is 18.8 Å². The summed E-state index contributed by atoms with van der Waals surface area (Å²) >= 11 is 0. The molecule has 1 heterocycles. The third kappa shape index (κ3) is 2.79. The first-order chi connectivity index (χ1) is 9.72. The minimum Gasteiger partial charge on any atom is -0.399 e. The highest BCUT2D eigenvalue weighted by Crippen LogP contribution is 2.30. The molecule has 0 spiro atoms. The van der Waals surface area contributed by atoms with Crippen LogP contribution >= 0.6 is 0 Å². The first-order valence-electron chi connectivity index (χ1n) is 7.39. The SMILES string of the molecule is Cc1ccc(N2CCCC(c3cccc(N)c3)C2)cc1. The van der Waals surface area contributed by atoms with Crippen LogP contribution in [0.25, 0.3) is 0 Å². The number of nitrogens with zero attached hydrogens (tertiary/aromatic N) is 1. The van der Waals surface area contributed by atoms with E-state index in [4.69, 9.17) is 5.73 Å². The summed E-state index contributed by atoms with van der Waals surface area (Å²) in [7, 11) is 0. The summed E-state index contributed by atoms with van der Waals surface area (Å²) in [5.41, 5.74) is 10.8. The molecular weight excluding hydrogens is 244 g/mol. The summed E-state index contributed by atoms with van der Waals surface area (Å²) in [4.78, 5) is 2.50. The van der Waals surface area contributed by atoms with Crippen LogP contribution in [0.15, 0.2) is 48.5 Å². The Bertz CT molecular complexity index is 574. The van der Waals surface area contributed by atoms with Gasteiger partial charge in [0.05, 0.1) is 0 Å². The van der Waals surface area contributed by atoms with Gasteiger partial charge in [0, 0.05) is 30.4 Å². The van der Waals surface area contributed by atoms with Gasteiger partial charge in [0.1, 0.15) is 0 Å². The van der Waals surface area contributed by atoms with Crippen molar-refractivity contribution in [3.8, 4) is 0 Å². The minimum atomic E-state index is 0.591. The van der Waals surface area contributed by atoms with Crippen LogP contribution in [0.5, 0.6) is 0 Å². The number of hydrogen-bond acceptors (Lipinski definition) is 2. The van der Waals surface area contributed by atoms with Crippen molar-refractivity contribution >= 4 is 11.4 Å². The van der Waals surface area contributed by atoms with Crippen molar-refractivity contribution in [3.05, 3.63) is 59.7 Å². The molecule has 20 heavy (non-hydrogen) atoms. The number of aryl methyl sites for hydroxylation is 1. The number of nitrogen functional groups attached to an aromatic ring is 1. The Hall–Kier alpha value is -1.96. The van der Waals surface area contributed by atoms with Gasteiger partial charge in [0.2, 0.25) is 0 Å². The average molecular weight is 266 g/mol. The van der Waals surface area contributed by atoms with E-state index >= 15 is 0 Å². The molecule has 0 amide bonds. The third-order valence-electron chi connectivity index (χ3n) is 4.20. The van der Waals surface area contributed by atoms with E-state index in [1.54, 1.807) is 0 Å². The van der Waals surface area contributed by atoms with Crippen LogP contribution in [0.4, 0.5) is 11.4 Å². The number of rotatable bonds is 2. The molecule has 2 nitrogen and oxygen atoms in total. The van der Waals surface area contributed by atoms with Gasteiger partial charge in [-0.2, -0.15) is 0 Å². The van der Waals surface area contributed by atoms with Crippen LogP contribution in [0.1, 0.15) is 29.9 Å². The first kappa shape index (κ1) is 13.0. The molecule has 2 heteroatoms. The fourth-order valence-corrected chi connectivity index (χ4v) is 3.05. The molecule has 2 N–H and O–H groups in total. The Morgan fingerprint density at radius 2 is 1.90 bits per heavy atom. The zero-order chi connectivity index (χ0) is 13.9. The molecule has 3 rings (SSSR count). The highest BCUT2D eigenvalue weighted by molar-refractivity contribution is 5.49. The van der Waals surface area contributed by atoms with E-state index in [0.29, 0.717) is 5.92 Å². The summed E-state index contributed by atoms with van der Waals surface area (Å²) in [5.74, 6) is 0.591. The maximum Gasteiger partial charge on any atom is 0.0366 e. The number of piperidine rings is 1. The van der Waals surface area contributed by atoms with Crippen molar-refractivity contribution in [3.63, 3.8) is 0 Å². The maximum absolute atomic E-state index is 5.91. The van der Waals surface area contributed by atoms with Gasteiger partial charge in [-0.3, -0.25) is 0 Å². The van der Waals surface area contributed by atoms with Gasteiger partial charge in [-0.1, -0.05) is 29.8 Å². The fourth-order valence-electron chi connectivity index (χ4n) is 3.05. The maximum atomic E-state index is 5.91. The molecule has 2 aromatic carbocycles. The molecule has 1 aliphatic heterocycles. The van der Waals surface area contributed by atoms with Gasteiger partial charge in [-0.25, -0.2) is 0 Å². The standard InChI is InChI=1S/C18H22N2/c1-14-7-9-18(10-8-14)20-11-3-5-16(13-20)15-4-2-6-17(19)12-15/h2,4,6-10,12,16H,3,5,11,13,19H2,1H3. The topological polar surface area (TPSA) is 29.3 Å². The monoisotopic (exact) mass is 266 g/mol. The lowest BCUT2D eigenvalue weighted by atomic mass is 9.90. The molecule has 1 fully saturated rings. The summed E-state index contributed by atoms with van der Waals surface area (Å²) in [6.07, 6.45) is 2.50. The molecule has 0 aromatic heterocycles. The van der Waals surface area contributed by atoms with Gasteiger partial charge in [-0.05, 0) is 49.6 Å². The summed E-state index contributed by atoms with van der Waals surface area (Å²) in [6, 6.07) is 17.2. The molecule has 104 valence electrons. The van der Waals surface area contributed by atoms with E-state index in [1.807, 2.05) is 6.07 Å². The van der Waals surface area contributed by atoms with Crippen LogP contribution in [-0.4, -0.2) is 13.1 Å².